The second kappa shape index (κ2) is 28.0. The van der Waals surface area contributed by atoms with Crippen LogP contribution >= 0.6 is 0 Å². The average Bonchev–Trinajstić information content (AvgIpc) is 1.64. The van der Waals surface area contributed by atoms with Crippen LogP contribution in [-0.2, 0) is 0 Å². The van der Waals surface area contributed by atoms with Gasteiger partial charge < -0.3 is 35.9 Å². The van der Waals surface area contributed by atoms with Crippen molar-refractivity contribution in [1.82, 2.24) is 48.2 Å². The Bertz CT molecular complexity index is 9370. The molecule has 0 unspecified atom stereocenters. The number of nitrogens with zero attached hydrogens (tertiary/aromatic N) is 10. The van der Waals surface area contributed by atoms with Crippen molar-refractivity contribution in [2.75, 3.05) is 0 Å². The largest absolute Gasteiger partial charge is 0.456 e. The number of rotatable bonds is 10. The maximum absolute atomic E-state index is 6.53. The van der Waals surface area contributed by atoms with Crippen LogP contribution in [0.2, 0.25) is 0 Å². The quantitative estimate of drug-likeness (QED) is 0.129. The molecular weight excluding hydrogens is 1570 g/mol. The van der Waals surface area contributed by atoms with Gasteiger partial charge >= 0.3 is 0 Å². The summed E-state index contributed by atoms with van der Waals surface area (Å²) in [6.45, 7) is 0. The molecule has 0 aliphatic carbocycles. The van der Waals surface area contributed by atoms with Gasteiger partial charge in [0.25, 0.3) is 0 Å². The van der Waals surface area contributed by atoms with E-state index in [1.54, 1.807) is 0 Å². The van der Waals surface area contributed by atoms with Gasteiger partial charge in [-0.3, -0.25) is 0 Å². The molecule has 128 heavy (non-hydrogen) atoms. The lowest BCUT2D eigenvalue weighted by atomic mass is 10.1. The van der Waals surface area contributed by atoms with E-state index in [2.05, 4.69) is 273 Å². The minimum absolute atomic E-state index is 0.556. The van der Waals surface area contributed by atoms with E-state index in [4.69, 9.17) is 47.6 Å². The van der Waals surface area contributed by atoms with Crippen LogP contribution in [0.25, 0.3) is 266 Å². The molecule has 0 fully saturated rings. The smallest absolute Gasteiger partial charge is 0.166 e. The molecule has 0 N–H and O–H groups in total. The third-order valence-corrected chi connectivity index (χ3v) is 25.5. The molecule has 0 amide bonds. The maximum atomic E-state index is 6.53. The molecule has 596 valence electrons. The zero-order valence-corrected chi connectivity index (χ0v) is 68.2. The summed E-state index contributed by atoms with van der Waals surface area (Å²) in [7, 11) is 0. The van der Waals surface area contributed by atoms with Gasteiger partial charge in [-0.05, 0) is 121 Å². The molecular formula is C114H66N10O4. The van der Waals surface area contributed by atoms with Crippen molar-refractivity contribution in [3.05, 3.63) is 400 Å². The first-order valence-corrected chi connectivity index (χ1v) is 42.9. The van der Waals surface area contributed by atoms with Crippen LogP contribution < -0.4 is 0 Å². The topological polar surface area (TPSA) is 150 Å². The monoisotopic (exact) mass is 1640 g/mol. The second-order valence-electron chi connectivity index (χ2n) is 32.7. The number of aromatic nitrogens is 10. The molecule has 0 bridgehead atoms. The normalized spacial score (nSPS) is 12.1. The molecule has 10 heterocycles. The lowest BCUT2D eigenvalue weighted by Crippen LogP contribution is -2.05. The highest BCUT2D eigenvalue weighted by Crippen LogP contribution is 2.49. The van der Waals surface area contributed by atoms with Gasteiger partial charge in [-0.25, -0.2) is 29.9 Å². The highest BCUT2D eigenvalue weighted by atomic mass is 16.3. The van der Waals surface area contributed by atoms with E-state index in [-0.39, 0.29) is 0 Å². The molecule has 14 nitrogen and oxygen atoms in total. The summed E-state index contributed by atoms with van der Waals surface area (Å²) < 4.78 is 35.3. The summed E-state index contributed by atoms with van der Waals surface area (Å²) in [5.74, 6) is 3.50. The number of fused-ring (bicyclic) bond motifs is 26. The average molecular weight is 1640 g/mol. The third kappa shape index (κ3) is 10.9. The predicted molar refractivity (Wildman–Crippen MR) is 519 cm³/mol. The van der Waals surface area contributed by atoms with Gasteiger partial charge in [0.15, 0.2) is 34.9 Å². The standard InChI is InChI=1S/2C57H33N5O2/c1-3-15-34(16-4-1)55-58-56(35-17-5-2-6-18-35)60-57(59-55)45-29-36(61-46-23-11-7-19-37(46)41-30-43-39-21-9-13-25-51(39)63-53(43)32-49(41)61)27-28-48(45)62-47-24-12-8-20-38(47)42-31-44-40-22-10-14-26-52(40)64-54(44)33-50(42)62;1-3-15-34(16-4-1)55-58-56(35-17-5-2-6-18-35)60-57(59-55)41-33-36(61-42-23-11-7-19-37(42)51-45(61)29-31-49-53(51)39-21-9-13-25-47(39)63-49)27-28-44(41)62-43-24-12-8-20-38(43)52-46(62)30-32-50-54(52)40-22-10-14-26-48(40)64-50/h2*1-33H. The van der Waals surface area contributed by atoms with Crippen molar-refractivity contribution in [2.45, 2.75) is 0 Å². The second-order valence-corrected chi connectivity index (χ2v) is 32.7. The summed E-state index contributed by atoms with van der Waals surface area (Å²) in [4.78, 5) is 31.6. The van der Waals surface area contributed by atoms with Crippen LogP contribution in [0.5, 0.6) is 0 Å². The van der Waals surface area contributed by atoms with Gasteiger partial charge in [0.2, 0.25) is 0 Å². The van der Waals surface area contributed by atoms with E-state index in [1.165, 1.54) is 0 Å². The van der Waals surface area contributed by atoms with E-state index >= 15 is 0 Å². The highest BCUT2D eigenvalue weighted by molar-refractivity contribution is 6.30. The van der Waals surface area contributed by atoms with Crippen LogP contribution in [0.15, 0.2) is 418 Å². The van der Waals surface area contributed by atoms with Gasteiger partial charge in [0, 0.05) is 143 Å². The van der Waals surface area contributed by atoms with Gasteiger partial charge in [0.05, 0.1) is 55.5 Å². The van der Waals surface area contributed by atoms with E-state index in [0.29, 0.717) is 34.9 Å². The molecule has 18 aromatic carbocycles. The number of para-hydroxylation sites is 8. The number of benzene rings is 18. The lowest BCUT2D eigenvalue weighted by molar-refractivity contribution is 0.669. The maximum Gasteiger partial charge on any atom is 0.166 e. The van der Waals surface area contributed by atoms with Crippen molar-refractivity contribution in [3.8, 4) is 91.1 Å². The minimum Gasteiger partial charge on any atom is -0.456 e. The van der Waals surface area contributed by atoms with Crippen molar-refractivity contribution >= 4 is 175 Å². The molecule has 0 atom stereocenters. The fourth-order valence-corrected chi connectivity index (χ4v) is 19.9. The zero-order valence-electron chi connectivity index (χ0n) is 68.2. The summed E-state index contributed by atoms with van der Waals surface area (Å²) in [5, 5.41) is 17.9. The third-order valence-electron chi connectivity index (χ3n) is 25.5. The Morgan fingerprint density at radius 1 is 0.156 bits per heavy atom. The lowest BCUT2D eigenvalue weighted by Gasteiger charge is -2.17. The first kappa shape index (κ1) is 71.0. The highest BCUT2D eigenvalue weighted by Gasteiger charge is 2.29. The van der Waals surface area contributed by atoms with Crippen LogP contribution in [0, 0.1) is 0 Å². The Hall–Kier alpha value is -17.6. The molecule has 0 saturated carbocycles. The summed E-state index contributed by atoms with van der Waals surface area (Å²) >= 11 is 0. The van der Waals surface area contributed by atoms with Gasteiger partial charge in [0.1, 0.15) is 44.7 Å². The fraction of sp³-hybridized carbons (Fsp3) is 0. The molecule has 0 aliphatic heterocycles. The van der Waals surface area contributed by atoms with E-state index < -0.39 is 0 Å². The Balaban J connectivity index is 0.000000132. The molecule has 10 aromatic heterocycles. The predicted octanol–water partition coefficient (Wildman–Crippen LogP) is 29.7. The van der Waals surface area contributed by atoms with Crippen LogP contribution in [-0.4, -0.2) is 48.2 Å². The number of furan rings is 4. The molecule has 14 heteroatoms. The number of hydrogen-bond acceptors (Lipinski definition) is 10. The van der Waals surface area contributed by atoms with Crippen LogP contribution in [0.1, 0.15) is 0 Å². The minimum atomic E-state index is 0.556. The Morgan fingerprint density at radius 3 is 0.859 bits per heavy atom. The molecule has 28 rings (SSSR count). The Morgan fingerprint density at radius 2 is 0.445 bits per heavy atom. The van der Waals surface area contributed by atoms with Gasteiger partial charge in [-0.2, -0.15) is 0 Å². The van der Waals surface area contributed by atoms with E-state index in [9.17, 15) is 0 Å². The molecule has 0 radical (unpaired) electrons. The van der Waals surface area contributed by atoms with E-state index in [0.717, 1.165) is 231 Å². The van der Waals surface area contributed by atoms with Crippen molar-refractivity contribution < 1.29 is 17.7 Å². The molecule has 28 aromatic rings. The van der Waals surface area contributed by atoms with Crippen molar-refractivity contribution in [1.29, 1.82) is 0 Å². The van der Waals surface area contributed by atoms with E-state index in [1.807, 2.05) is 146 Å². The fourth-order valence-electron chi connectivity index (χ4n) is 19.9. The van der Waals surface area contributed by atoms with Gasteiger partial charge in [-0.15, -0.1) is 0 Å². The van der Waals surface area contributed by atoms with Crippen molar-refractivity contribution in [3.63, 3.8) is 0 Å². The number of hydrogen-bond donors (Lipinski definition) is 0. The van der Waals surface area contributed by atoms with Crippen LogP contribution in [0.3, 0.4) is 0 Å². The van der Waals surface area contributed by atoms with Crippen molar-refractivity contribution in [2.24, 2.45) is 0 Å². The Labute approximate surface area is 727 Å². The summed E-state index contributed by atoms with van der Waals surface area (Å²) in [6, 6.07) is 139. The first-order chi connectivity index (χ1) is 63.5. The molecule has 0 saturated heterocycles. The Kier molecular flexibility index (Phi) is 15.5. The summed E-state index contributed by atoms with van der Waals surface area (Å²) in [5.41, 5.74) is 24.5. The van der Waals surface area contributed by atoms with Gasteiger partial charge in [-0.1, -0.05) is 267 Å². The first-order valence-electron chi connectivity index (χ1n) is 42.9. The molecule has 0 aliphatic rings. The zero-order chi connectivity index (χ0) is 83.8. The summed E-state index contributed by atoms with van der Waals surface area (Å²) in [6.07, 6.45) is 0. The SMILES string of the molecule is c1ccc(-c2nc(-c3ccccc3)nc(-c3cc(-n4c5ccccc5c5c6c(ccc54)oc4ccccc46)ccc3-n3c4ccccc4c4c5c(ccc43)oc3ccccc35)n2)cc1.c1ccc(-c2nc(-c3ccccc3)nc(-c3cc(-n4c5ccccc5c5cc6c(cc54)oc4ccccc46)ccc3-n3c4ccccc4c4cc5c(cc43)oc3ccccc35)n2)cc1. The molecule has 0 spiro atoms. The van der Waals surface area contributed by atoms with Crippen LogP contribution in [0.4, 0.5) is 0 Å².